The topological polar surface area (TPSA) is 49.5 Å². The minimum absolute atomic E-state index is 0.123. The molecule has 2 atom stereocenters. The van der Waals surface area contributed by atoms with Crippen molar-refractivity contribution in [3.63, 3.8) is 0 Å². The van der Waals surface area contributed by atoms with Crippen molar-refractivity contribution < 1.29 is 36.9 Å². The molecule has 1 aliphatic rings. The highest BCUT2D eigenvalue weighted by atomic mass is 19.4. The molecule has 1 saturated heterocycles. The number of halogens is 3. The van der Waals surface area contributed by atoms with Crippen LogP contribution >= 0.6 is 0 Å². The molecule has 22 heavy (non-hydrogen) atoms. The maximum atomic E-state index is 13.3. The minimum atomic E-state index is -4.57. The molecule has 0 spiro atoms. The van der Waals surface area contributed by atoms with Crippen molar-refractivity contribution in [1.82, 2.24) is 0 Å². The molecule has 5 nitrogen and oxygen atoms in total. The Morgan fingerprint density at radius 1 is 1.14 bits per heavy atom. The number of hydrogen-bond donors (Lipinski definition) is 0. The highest BCUT2D eigenvalue weighted by Gasteiger charge is 2.43. The summed E-state index contributed by atoms with van der Waals surface area (Å²) in [5.74, 6) is 0.495. The molecule has 0 aliphatic carbocycles. The normalized spacial score (nSPS) is 18.7. The zero-order valence-electron chi connectivity index (χ0n) is 12.4. The quantitative estimate of drug-likeness (QED) is 0.723. The van der Waals surface area contributed by atoms with Crippen LogP contribution in [0, 0.1) is 0 Å². The van der Waals surface area contributed by atoms with E-state index in [1.807, 2.05) is 0 Å². The zero-order valence-corrected chi connectivity index (χ0v) is 12.4. The maximum absolute atomic E-state index is 13.3. The Balaban J connectivity index is 2.36. The van der Waals surface area contributed by atoms with Gasteiger partial charge in [0.1, 0.15) is 6.10 Å². The SMILES string of the molecule is COc1cc([C@@H](OC[C@@H]2CO2)C(F)(F)F)cc(OC)c1OC. The average molecular weight is 322 g/mol. The van der Waals surface area contributed by atoms with Gasteiger partial charge in [-0.15, -0.1) is 0 Å². The molecule has 1 fully saturated rings. The lowest BCUT2D eigenvalue weighted by atomic mass is 10.1. The second-order valence-electron chi connectivity index (χ2n) is 4.67. The summed E-state index contributed by atoms with van der Waals surface area (Å²) >= 11 is 0. The lowest BCUT2D eigenvalue weighted by molar-refractivity contribution is -0.224. The van der Waals surface area contributed by atoms with Crippen molar-refractivity contribution in [3.8, 4) is 17.2 Å². The van der Waals surface area contributed by atoms with Crippen LogP contribution in [-0.4, -0.2) is 46.8 Å². The van der Waals surface area contributed by atoms with Gasteiger partial charge in [-0.3, -0.25) is 0 Å². The van der Waals surface area contributed by atoms with Gasteiger partial charge in [-0.2, -0.15) is 13.2 Å². The molecule has 1 aliphatic heterocycles. The van der Waals surface area contributed by atoms with Gasteiger partial charge in [-0.1, -0.05) is 0 Å². The first-order chi connectivity index (χ1) is 10.4. The van der Waals surface area contributed by atoms with Crippen molar-refractivity contribution in [2.75, 3.05) is 34.5 Å². The third kappa shape index (κ3) is 3.75. The van der Waals surface area contributed by atoms with Crippen LogP contribution in [-0.2, 0) is 9.47 Å². The van der Waals surface area contributed by atoms with Crippen molar-refractivity contribution in [2.45, 2.75) is 18.4 Å². The summed E-state index contributed by atoms with van der Waals surface area (Å²) in [5.41, 5.74) is -0.123. The number of ether oxygens (including phenoxy) is 5. The Hall–Kier alpha value is -1.67. The zero-order chi connectivity index (χ0) is 16.3. The molecule has 0 aromatic heterocycles. The van der Waals surface area contributed by atoms with E-state index in [9.17, 15) is 13.2 Å². The summed E-state index contributed by atoms with van der Waals surface area (Å²) in [6.07, 6.45) is -6.93. The highest BCUT2D eigenvalue weighted by Crippen LogP contribution is 2.44. The third-order valence-corrected chi connectivity index (χ3v) is 3.14. The van der Waals surface area contributed by atoms with Crippen molar-refractivity contribution >= 4 is 0 Å². The van der Waals surface area contributed by atoms with Gasteiger partial charge in [0.2, 0.25) is 5.75 Å². The maximum Gasteiger partial charge on any atom is 0.418 e. The molecule has 8 heteroatoms. The summed E-state index contributed by atoms with van der Waals surface area (Å²) in [5, 5.41) is 0. The molecule has 0 saturated carbocycles. The summed E-state index contributed by atoms with van der Waals surface area (Å²) < 4.78 is 64.8. The van der Waals surface area contributed by atoms with Crippen molar-refractivity contribution in [2.24, 2.45) is 0 Å². The van der Waals surface area contributed by atoms with Gasteiger partial charge in [0.15, 0.2) is 17.6 Å². The molecule has 2 rings (SSSR count). The molecule has 1 heterocycles. The largest absolute Gasteiger partial charge is 0.493 e. The molecule has 124 valence electrons. The fourth-order valence-corrected chi connectivity index (χ4v) is 2.00. The van der Waals surface area contributed by atoms with Gasteiger partial charge in [0.25, 0.3) is 0 Å². The van der Waals surface area contributed by atoms with E-state index in [4.69, 9.17) is 23.7 Å². The number of epoxide rings is 1. The predicted molar refractivity (Wildman–Crippen MR) is 70.6 cm³/mol. The summed E-state index contributed by atoms with van der Waals surface area (Å²) in [7, 11) is 4.05. The molecule has 0 amide bonds. The molecule has 1 aromatic rings. The van der Waals surface area contributed by atoms with Crippen LogP contribution < -0.4 is 14.2 Å². The summed E-state index contributed by atoms with van der Waals surface area (Å²) in [6.45, 7) is 0.292. The molecule has 0 bridgehead atoms. The lowest BCUT2D eigenvalue weighted by Gasteiger charge is -2.23. The summed E-state index contributed by atoms with van der Waals surface area (Å²) in [6, 6.07) is 2.46. The Bertz CT molecular complexity index is 489. The minimum Gasteiger partial charge on any atom is -0.493 e. The van der Waals surface area contributed by atoms with E-state index in [0.717, 1.165) is 0 Å². The predicted octanol–water partition coefficient (Wildman–Crippen LogP) is 2.73. The van der Waals surface area contributed by atoms with E-state index in [1.165, 1.54) is 33.5 Å². The first-order valence-electron chi connectivity index (χ1n) is 6.50. The van der Waals surface area contributed by atoms with Crippen LogP contribution in [0.3, 0.4) is 0 Å². The second-order valence-corrected chi connectivity index (χ2v) is 4.67. The van der Waals surface area contributed by atoms with E-state index >= 15 is 0 Å². The van der Waals surface area contributed by atoms with Crippen LogP contribution in [0.2, 0.25) is 0 Å². The van der Waals surface area contributed by atoms with E-state index in [-0.39, 0.29) is 35.5 Å². The highest BCUT2D eigenvalue weighted by molar-refractivity contribution is 5.54. The van der Waals surface area contributed by atoms with Crippen LogP contribution in [0.5, 0.6) is 17.2 Å². The molecule has 0 unspecified atom stereocenters. The van der Waals surface area contributed by atoms with Gasteiger partial charge in [0.05, 0.1) is 34.5 Å². The van der Waals surface area contributed by atoms with E-state index in [0.29, 0.717) is 6.61 Å². The van der Waals surface area contributed by atoms with Crippen LogP contribution in [0.1, 0.15) is 11.7 Å². The molecule has 0 radical (unpaired) electrons. The second kappa shape index (κ2) is 6.62. The smallest absolute Gasteiger partial charge is 0.418 e. The average Bonchev–Trinajstić information content (AvgIpc) is 3.29. The first kappa shape index (κ1) is 16.7. The third-order valence-electron chi connectivity index (χ3n) is 3.14. The van der Waals surface area contributed by atoms with E-state index in [2.05, 4.69) is 0 Å². The fraction of sp³-hybridized carbons (Fsp3) is 0.571. The van der Waals surface area contributed by atoms with Crippen LogP contribution in [0.25, 0.3) is 0 Å². The lowest BCUT2D eigenvalue weighted by Crippen LogP contribution is -2.25. The van der Waals surface area contributed by atoms with Gasteiger partial charge in [-0.25, -0.2) is 0 Å². The number of benzene rings is 1. The van der Waals surface area contributed by atoms with Gasteiger partial charge < -0.3 is 23.7 Å². The Morgan fingerprint density at radius 3 is 2.05 bits per heavy atom. The van der Waals surface area contributed by atoms with Gasteiger partial charge >= 0.3 is 6.18 Å². The Morgan fingerprint density at radius 2 is 1.68 bits per heavy atom. The van der Waals surface area contributed by atoms with E-state index < -0.39 is 12.3 Å². The Kier molecular flexibility index (Phi) is 5.02. The number of methoxy groups -OCH3 is 3. The van der Waals surface area contributed by atoms with Crippen molar-refractivity contribution in [1.29, 1.82) is 0 Å². The van der Waals surface area contributed by atoms with Crippen LogP contribution in [0.4, 0.5) is 13.2 Å². The first-order valence-corrected chi connectivity index (χ1v) is 6.50. The molecule has 0 N–H and O–H groups in total. The standard InChI is InChI=1S/C14H17F3O5/c1-18-10-4-8(5-11(19-2)12(10)20-3)13(14(15,16)17)22-7-9-6-21-9/h4-5,9,13H,6-7H2,1-3H3/t9-,13+/m0/s1. The van der Waals surface area contributed by atoms with Crippen molar-refractivity contribution in [3.05, 3.63) is 17.7 Å². The van der Waals surface area contributed by atoms with Gasteiger partial charge in [-0.05, 0) is 17.7 Å². The molecular weight excluding hydrogens is 305 g/mol. The fourth-order valence-electron chi connectivity index (χ4n) is 2.00. The number of hydrogen-bond acceptors (Lipinski definition) is 5. The summed E-state index contributed by atoms with van der Waals surface area (Å²) in [4.78, 5) is 0. The van der Waals surface area contributed by atoms with Gasteiger partial charge in [0, 0.05) is 0 Å². The number of alkyl halides is 3. The van der Waals surface area contributed by atoms with E-state index in [1.54, 1.807) is 0 Å². The Labute approximate surface area is 125 Å². The number of rotatable bonds is 7. The van der Waals surface area contributed by atoms with Crippen LogP contribution in [0.15, 0.2) is 12.1 Å². The monoisotopic (exact) mass is 322 g/mol. The molecular formula is C14H17F3O5. The molecule has 1 aromatic carbocycles.